The summed E-state index contributed by atoms with van der Waals surface area (Å²) in [5, 5.41) is 0. The molecule has 1 aliphatic rings. The van der Waals surface area contributed by atoms with Gasteiger partial charge in [0.05, 0.1) is 0 Å². The smallest absolute Gasteiger partial charge is 0.256 e. The summed E-state index contributed by atoms with van der Waals surface area (Å²) in [6.45, 7) is 2.23. The lowest BCUT2D eigenvalue weighted by atomic mass is 10.1. The van der Waals surface area contributed by atoms with E-state index < -0.39 is 0 Å². The molecular formula is C9H14N2O2. The zero-order valence-electron chi connectivity index (χ0n) is 7.96. The fourth-order valence-electron chi connectivity index (χ4n) is 1.41. The Morgan fingerprint density at radius 3 is 2.31 bits per heavy atom. The fraction of sp³-hybridized carbons (Fsp3) is 0.556. The highest BCUT2D eigenvalue weighted by molar-refractivity contribution is 6.18. The Morgan fingerprint density at radius 1 is 1.31 bits per heavy atom. The molecule has 0 aromatic heterocycles. The van der Waals surface area contributed by atoms with E-state index in [1.165, 1.54) is 7.05 Å². The van der Waals surface area contributed by atoms with Crippen molar-refractivity contribution in [2.45, 2.75) is 19.8 Å². The van der Waals surface area contributed by atoms with E-state index in [0.717, 1.165) is 11.3 Å². The molecule has 1 aliphatic heterocycles. The number of carbonyl (C=O) groups excluding carboxylic acids is 2. The lowest BCUT2D eigenvalue weighted by molar-refractivity contribution is -0.135. The van der Waals surface area contributed by atoms with Gasteiger partial charge in [-0.3, -0.25) is 14.5 Å². The molecule has 0 saturated heterocycles. The Kier molecular flexibility index (Phi) is 2.83. The van der Waals surface area contributed by atoms with Crippen LogP contribution in [0.25, 0.3) is 0 Å². The third kappa shape index (κ3) is 1.62. The average Bonchev–Trinajstić information content (AvgIpc) is 2.30. The minimum Gasteiger partial charge on any atom is -0.330 e. The first-order chi connectivity index (χ1) is 6.09. The molecule has 2 amide bonds. The van der Waals surface area contributed by atoms with Crippen LogP contribution in [0.2, 0.25) is 0 Å². The number of nitrogens with two attached hydrogens (primary N) is 1. The Hall–Kier alpha value is -1.16. The van der Waals surface area contributed by atoms with Crippen molar-refractivity contribution in [1.82, 2.24) is 4.90 Å². The topological polar surface area (TPSA) is 63.4 Å². The van der Waals surface area contributed by atoms with Crippen LogP contribution in [0.1, 0.15) is 19.8 Å². The molecule has 2 N–H and O–H groups in total. The standard InChI is InChI=1S/C9H14N2O2/c1-6-7(4-3-5-10)9(13)11(2)8(6)12/h3-5,10H2,1-2H3. The number of carbonyl (C=O) groups is 2. The van der Waals surface area contributed by atoms with Gasteiger partial charge in [0.1, 0.15) is 0 Å². The van der Waals surface area contributed by atoms with Gasteiger partial charge in [0.25, 0.3) is 11.8 Å². The van der Waals surface area contributed by atoms with E-state index in [0.29, 0.717) is 24.1 Å². The van der Waals surface area contributed by atoms with Crippen LogP contribution in [0.3, 0.4) is 0 Å². The summed E-state index contributed by atoms with van der Waals surface area (Å²) in [5.41, 5.74) is 6.53. The van der Waals surface area contributed by atoms with Gasteiger partial charge in [-0.15, -0.1) is 0 Å². The second-order valence-corrected chi connectivity index (χ2v) is 3.17. The molecule has 4 nitrogen and oxygen atoms in total. The van der Waals surface area contributed by atoms with Gasteiger partial charge >= 0.3 is 0 Å². The van der Waals surface area contributed by atoms with E-state index in [1.807, 2.05) is 0 Å². The molecule has 0 saturated carbocycles. The van der Waals surface area contributed by atoms with Crippen LogP contribution < -0.4 is 5.73 Å². The van der Waals surface area contributed by atoms with Crippen LogP contribution in [0.15, 0.2) is 11.1 Å². The Bertz CT molecular complexity index is 281. The highest BCUT2D eigenvalue weighted by atomic mass is 16.2. The van der Waals surface area contributed by atoms with Gasteiger partial charge in [-0.1, -0.05) is 0 Å². The van der Waals surface area contributed by atoms with Crippen molar-refractivity contribution in [1.29, 1.82) is 0 Å². The number of rotatable bonds is 3. The molecule has 0 unspecified atom stereocenters. The van der Waals surface area contributed by atoms with Crippen LogP contribution in [-0.4, -0.2) is 30.3 Å². The van der Waals surface area contributed by atoms with Gasteiger partial charge in [-0.25, -0.2) is 0 Å². The van der Waals surface area contributed by atoms with Crippen molar-refractivity contribution in [2.75, 3.05) is 13.6 Å². The van der Waals surface area contributed by atoms with Gasteiger partial charge in [0.2, 0.25) is 0 Å². The Labute approximate surface area is 77.4 Å². The van der Waals surface area contributed by atoms with Crippen molar-refractivity contribution in [3.63, 3.8) is 0 Å². The van der Waals surface area contributed by atoms with Gasteiger partial charge in [0, 0.05) is 18.2 Å². The van der Waals surface area contributed by atoms with E-state index >= 15 is 0 Å². The van der Waals surface area contributed by atoms with E-state index in [2.05, 4.69) is 0 Å². The lowest BCUT2D eigenvalue weighted by Crippen LogP contribution is -2.26. The molecule has 0 fully saturated rings. The normalized spacial score (nSPS) is 17.6. The molecule has 72 valence electrons. The molecule has 0 radical (unpaired) electrons. The van der Waals surface area contributed by atoms with Gasteiger partial charge in [0.15, 0.2) is 0 Å². The van der Waals surface area contributed by atoms with Crippen LogP contribution in [0, 0.1) is 0 Å². The minimum absolute atomic E-state index is 0.170. The summed E-state index contributed by atoms with van der Waals surface area (Å²) in [6.07, 6.45) is 1.36. The van der Waals surface area contributed by atoms with Crippen molar-refractivity contribution < 1.29 is 9.59 Å². The van der Waals surface area contributed by atoms with Crippen LogP contribution in [-0.2, 0) is 9.59 Å². The second-order valence-electron chi connectivity index (χ2n) is 3.17. The molecule has 1 heterocycles. The summed E-state index contributed by atoms with van der Waals surface area (Å²) < 4.78 is 0. The molecule has 4 heteroatoms. The van der Waals surface area contributed by atoms with Crippen molar-refractivity contribution >= 4 is 11.8 Å². The van der Waals surface area contributed by atoms with Crippen molar-refractivity contribution in [3.05, 3.63) is 11.1 Å². The van der Waals surface area contributed by atoms with E-state index in [-0.39, 0.29) is 11.8 Å². The first-order valence-electron chi connectivity index (χ1n) is 4.31. The van der Waals surface area contributed by atoms with Gasteiger partial charge in [-0.05, 0) is 26.3 Å². The van der Waals surface area contributed by atoms with Gasteiger partial charge in [-0.2, -0.15) is 0 Å². The number of hydrogen-bond acceptors (Lipinski definition) is 3. The maximum atomic E-state index is 11.4. The first-order valence-corrected chi connectivity index (χ1v) is 4.31. The molecule has 0 aromatic carbocycles. The quantitative estimate of drug-likeness (QED) is 0.627. The molecule has 0 bridgehead atoms. The van der Waals surface area contributed by atoms with E-state index in [4.69, 9.17) is 5.73 Å². The average molecular weight is 182 g/mol. The van der Waals surface area contributed by atoms with Crippen LogP contribution >= 0.6 is 0 Å². The van der Waals surface area contributed by atoms with Gasteiger partial charge < -0.3 is 5.73 Å². The van der Waals surface area contributed by atoms with Crippen LogP contribution in [0.4, 0.5) is 0 Å². The number of imide groups is 1. The maximum absolute atomic E-state index is 11.4. The lowest BCUT2D eigenvalue weighted by Gasteiger charge is -2.05. The zero-order chi connectivity index (χ0) is 10.0. The summed E-state index contributed by atoms with van der Waals surface area (Å²) in [6, 6.07) is 0. The number of amides is 2. The van der Waals surface area contributed by atoms with Crippen LogP contribution in [0.5, 0.6) is 0 Å². The highest BCUT2D eigenvalue weighted by Crippen LogP contribution is 2.22. The largest absolute Gasteiger partial charge is 0.330 e. The molecule has 0 aromatic rings. The van der Waals surface area contributed by atoms with E-state index in [9.17, 15) is 9.59 Å². The molecule has 1 rings (SSSR count). The molecule has 0 spiro atoms. The summed E-state index contributed by atoms with van der Waals surface area (Å²) in [7, 11) is 1.50. The first kappa shape index (κ1) is 9.92. The number of likely N-dealkylation sites (N-methyl/N-ethyl adjacent to an activating group) is 1. The second kappa shape index (κ2) is 3.70. The van der Waals surface area contributed by atoms with E-state index in [1.54, 1.807) is 6.92 Å². The Balaban J connectivity index is 2.81. The fourth-order valence-corrected chi connectivity index (χ4v) is 1.41. The summed E-state index contributed by atoms with van der Waals surface area (Å²) >= 11 is 0. The number of hydrogen-bond donors (Lipinski definition) is 1. The minimum atomic E-state index is -0.183. The third-order valence-electron chi connectivity index (χ3n) is 2.27. The highest BCUT2D eigenvalue weighted by Gasteiger charge is 2.31. The summed E-state index contributed by atoms with van der Waals surface area (Å²) in [5.74, 6) is -0.354. The van der Waals surface area contributed by atoms with Crippen molar-refractivity contribution in [2.24, 2.45) is 5.73 Å². The monoisotopic (exact) mass is 182 g/mol. The molecular weight excluding hydrogens is 168 g/mol. The zero-order valence-corrected chi connectivity index (χ0v) is 7.96. The third-order valence-corrected chi connectivity index (χ3v) is 2.27. The molecule has 13 heavy (non-hydrogen) atoms. The van der Waals surface area contributed by atoms with Crippen molar-refractivity contribution in [3.8, 4) is 0 Å². The molecule has 0 atom stereocenters. The summed E-state index contributed by atoms with van der Waals surface area (Å²) in [4.78, 5) is 23.9. The predicted molar refractivity (Wildman–Crippen MR) is 48.8 cm³/mol. The molecule has 0 aliphatic carbocycles. The Morgan fingerprint density at radius 2 is 1.92 bits per heavy atom. The SMILES string of the molecule is CC1=C(CCCN)C(=O)N(C)C1=O. The predicted octanol–water partition coefficient (Wildman–Crippen LogP) is 0.0404. The maximum Gasteiger partial charge on any atom is 0.256 e. The number of nitrogens with zero attached hydrogens (tertiary/aromatic N) is 1.